The largest absolute Gasteiger partial charge is 0.502 e. The highest BCUT2D eigenvalue weighted by Crippen LogP contribution is 2.29. The zero-order chi connectivity index (χ0) is 16.8. The summed E-state index contributed by atoms with van der Waals surface area (Å²) in [7, 11) is 0. The summed E-state index contributed by atoms with van der Waals surface area (Å²) < 4.78 is 40.0. The first-order valence-corrected chi connectivity index (χ1v) is 6.67. The van der Waals surface area contributed by atoms with Crippen molar-refractivity contribution in [2.45, 2.75) is 33.0 Å². The molecule has 6 nitrogen and oxygen atoms in total. The molecular formula is C13H16F3N3O3. The van der Waals surface area contributed by atoms with Crippen molar-refractivity contribution in [3.05, 3.63) is 27.7 Å². The molecule has 1 aliphatic rings. The van der Waals surface area contributed by atoms with E-state index in [0.29, 0.717) is 11.4 Å². The monoisotopic (exact) mass is 319 g/mol. The molecule has 0 saturated heterocycles. The maximum atomic E-state index is 12.9. The van der Waals surface area contributed by atoms with Crippen LogP contribution in [0.5, 0.6) is 5.75 Å². The molecule has 0 aliphatic carbocycles. The Morgan fingerprint density at radius 3 is 2.45 bits per heavy atom. The van der Waals surface area contributed by atoms with E-state index in [9.17, 15) is 27.9 Å². The zero-order valence-electron chi connectivity index (χ0n) is 12.3. The van der Waals surface area contributed by atoms with Gasteiger partial charge in [-0.1, -0.05) is 0 Å². The van der Waals surface area contributed by atoms with Crippen LogP contribution in [-0.2, 0) is 0 Å². The van der Waals surface area contributed by atoms with Crippen molar-refractivity contribution in [1.82, 2.24) is 9.58 Å². The van der Waals surface area contributed by atoms with E-state index < -0.39 is 35.0 Å². The summed E-state index contributed by atoms with van der Waals surface area (Å²) in [4.78, 5) is 24.7. The number of rotatable bonds is 2. The predicted molar refractivity (Wildman–Crippen MR) is 72.4 cm³/mol. The smallest absolute Gasteiger partial charge is 0.408 e. The molecule has 22 heavy (non-hydrogen) atoms. The van der Waals surface area contributed by atoms with Gasteiger partial charge in [0.2, 0.25) is 5.43 Å². The lowest BCUT2D eigenvalue weighted by atomic mass is 10.1. The molecule has 1 amide bonds. The van der Waals surface area contributed by atoms with E-state index in [1.807, 2.05) is 0 Å². The van der Waals surface area contributed by atoms with Gasteiger partial charge in [0, 0.05) is 18.3 Å². The highest BCUT2D eigenvalue weighted by molar-refractivity contribution is 5.96. The van der Waals surface area contributed by atoms with Crippen molar-refractivity contribution < 1.29 is 23.1 Å². The van der Waals surface area contributed by atoms with Crippen LogP contribution in [0, 0.1) is 6.92 Å². The Morgan fingerprint density at radius 1 is 1.36 bits per heavy atom. The summed E-state index contributed by atoms with van der Waals surface area (Å²) in [5.74, 6) is -1.85. The van der Waals surface area contributed by atoms with Gasteiger partial charge in [-0.3, -0.25) is 19.3 Å². The van der Waals surface area contributed by atoms with Crippen molar-refractivity contribution in [2.24, 2.45) is 0 Å². The molecule has 1 aliphatic heterocycles. The minimum atomic E-state index is -4.60. The van der Waals surface area contributed by atoms with E-state index in [-0.39, 0.29) is 12.2 Å². The fourth-order valence-corrected chi connectivity index (χ4v) is 2.30. The molecule has 0 radical (unpaired) electrons. The molecule has 1 atom stereocenters. The first-order valence-electron chi connectivity index (χ1n) is 6.67. The molecule has 2 heterocycles. The zero-order valence-corrected chi connectivity index (χ0v) is 12.3. The average Bonchev–Trinajstić information content (AvgIpc) is 2.43. The number of nitrogens with zero attached hydrogens (tertiary/aromatic N) is 3. The molecule has 0 spiro atoms. The van der Waals surface area contributed by atoms with Crippen molar-refractivity contribution >= 4 is 5.91 Å². The van der Waals surface area contributed by atoms with Crippen LogP contribution in [0.2, 0.25) is 0 Å². The lowest BCUT2D eigenvalue weighted by molar-refractivity contribution is -0.173. The second-order valence-electron chi connectivity index (χ2n) is 5.14. The number of aromatic nitrogens is 1. The van der Waals surface area contributed by atoms with Gasteiger partial charge in [-0.05, 0) is 20.8 Å². The van der Waals surface area contributed by atoms with Gasteiger partial charge in [0.05, 0.1) is 0 Å². The minimum Gasteiger partial charge on any atom is -0.502 e. The summed E-state index contributed by atoms with van der Waals surface area (Å²) in [5, 5.41) is 11.4. The number of pyridine rings is 1. The molecule has 0 saturated carbocycles. The van der Waals surface area contributed by atoms with Crippen molar-refractivity contribution in [2.75, 3.05) is 18.2 Å². The molecule has 1 aromatic rings. The van der Waals surface area contributed by atoms with Gasteiger partial charge in [0.15, 0.2) is 11.4 Å². The van der Waals surface area contributed by atoms with Gasteiger partial charge in [-0.15, -0.1) is 0 Å². The normalized spacial score (nSPS) is 16.7. The minimum absolute atomic E-state index is 0.199. The third-order valence-corrected chi connectivity index (χ3v) is 3.73. The molecule has 0 aromatic carbocycles. The predicted octanol–water partition coefficient (Wildman–Crippen LogP) is 1.18. The van der Waals surface area contributed by atoms with Crippen LogP contribution in [0.3, 0.4) is 0 Å². The molecule has 122 valence electrons. The van der Waals surface area contributed by atoms with Crippen LogP contribution in [0.1, 0.15) is 29.9 Å². The van der Waals surface area contributed by atoms with E-state index in [4.69, 9.17) is 0 Å². The van der Waals surface area contributed by atoms with E-state index >= 15 is 0 Å². The van der Waals surface area contributed by atoms with Crippen LogP contribution < -0.4 is 10.4 Å². The number of halogens is 3. The van der Waals surface area contributed by atoms with Crippen LogP contribution >= 0.6 is 0 Å². The summed E-state index contributed by atoms with van der Waals surface area (Å²) in [6, 6.07) is -2.03. The molecule has 2 rings (SSSR count). The van der Waals surface area contributed by atoms with Gasteiger partial charge in [0.1, 0.15) is 12.7 Å². The van der Waals surface area contributed by atoms with Crippen LogP contribution in [-0.4, -0.2) is 46.0 Å². The second kappa shape index (κ2) is 5.22. The summed E-state index contributed by atoms with van der Waals surface area (Å²) >= 11 is 0. The number of hydrogen-bond acceptors (Lipinski definition) is 4. The van der Waals surface area contributed by atoms with Crippen LogP contribution in [0.25, 0.3) is 0 Å². The molecule has 0 unspecified atom stereocenters. The van der Waals surface area contributed by atoms with Crippen molar-refractivity contribution in [3.63, 3.8) is 0 Å². The third kappa shape index (κ3) is 2.40. The number of hydrogen-bond donors (Lipinski definition) is 1. The Morgan fingerprint density at radius 2 is 1.95 bits per heavy atom. The van der Waals surface area contributed by atoms with E-state index in [1.54, 1.807) is 6.92 Å². The van der Waals surface area contributed by atoms with Gasteiger partial charge in [0.25, 0.3) is 5.91 Å². The first kappa shape index (κ1) is 16.2. The number of alkyl halides is 3. The number of carbonyl (C=O) groups excluding carboxylic acids is 1. The number of amides is 1. The van der Waals surface area contributed by atoms with Gasteiger partial charge in [-0.2, -0.15) is 13.2 Å². The molecule has 9 heteroatoms. The van der Waals surface area contributed by atoms with Gasteiger partial charge >= 0.3 is 6.18 Å². The number of aryl methyl sites for hydroxylation is 1. The SMILES string of the molecule is CCN1CN([C@H](C)C(F)(F)F)C(=O)c2c(O)c(=O)c(C)cn21. The van der Waals surface area contributed by atoms with E-state index in [2.05, 4.69) is 0 Å². The van der Waals surface area contributed by atoms with Gasteiger partial charge in [-0.25, -0.2) is 0 Å². The maximum absolute atomic E-state index is 12.9. The Balaban J connectivity index is 2.61. The fraction of sp³-hybridized carbons (Fsp3) is 0.538. The molecule has 1 aromatic heterocycles. The summed E-state index contributed by atoms with van der Waals surface area (Å²) in [6.07, 6.45) is -3.26. The lowest BCUT2D eigenvalue weighted by Gasteiger charge is -2.42. The number of fused-ring (bicyclic) bond motifs is 1. The maximum Gasteiger partial charge on any atom is 0.408 e. The second-order valence-corrected chi connectivity index (χ2v) is 5.14. The van der Waals surface area contributed by atoms with E-state index in [0.717, 1.165) is 6.92 Å². The van der Waals surface area contributed by atoms with Crippen molar-refractivity contribution in [1.29, 1.82) is 0 Å². The molecule has 1 N–H and O–H groups in total. The molecular weight excluding hydrogens is 303 g/mol. The molecule has 0 fully saturated rings. The Labute approximate surface area is 124 Å². The topological polar surface area (TPSA) is 65.8 Å². The highest BCUT2D eigenvalue weighted by atomic mass is 19.4. The third-order valence-electron chi connectivity index (χ3n) is 3.73. The van der Waals surface area contributed by atoms with Crippen LogP contribution in [0.4, 0.5) is 13.2 Å². The standard InChI is InChI=1S/C13H16F3N3O3/c1-4-17-6-18(8(3)13(14,15)16)12(22)9-11(21)10(20)7(2)5-19(9)17/h5,8,21H,4,6H2,1-3H3/t8-/m1/s1. The Hall–Kier alpha value is -2.19. The average molecular weight is 319 g/mol. The summed E-state index contributed by atoms with van der Waals surface area (Å²) in [6.45, 7) is 4.03. The Bertz CT molecular complexity index is 669. The Kier molecular flexibility index (Phi) is 3.84. The molecule has 0 bridgehead atoms. The first-order chi connectivity index (χ1) is 10.1. The number of aromatic hydroxyl groups is 1. The van der Waals surface area contributed by atoms with Crippen molar-refractivity contribution in [3.8, 4) is 5.75 Å². The van der Waals surface area contributed by atoms with Crippen LogP contribution in [0.15, 0.2) is 11.0 Å². The highest BCUT2D eigenvalue weighted by Gasteiger charge is 2.45. The van der Waals surface area contributed by atoms with Gasteiger partial charge < -0.3 is 10.0 Å². The number of carbonyl (C=O) groups is 1. The quantitative estimate of drug-likeness (QED) is 0.889. The lowest BCUT2D eigenvalue weighted by Crippen LogP contribution is -2.59. The summed E-state index contributed by atoms with van der Waals surface area (Å²) in [5.41, 5.74) is -1.01. The van der Waals surface area contributed by atoms with E-state index in [1.165, 1.54) is 22.8 Å². The fourth-order valence-electron chi connectivity index (χ4n) is 2.30.